The monoisotopic (exact) mass is 206 g/mol. The second-order valence-electron chi connectivity index (χ2n) is 5.29. The second kappa shape index (κ2) is 4.69. The molecule has 0 N–H and O–H groups in total. The van der Waals surface area contributed by atoms with Gasteiger partial charge >= 0.3 is 0 Å². The first kappa shape index (κ1) is 12.1. The van der Waals surface area contributed by atoms with Gasteiger partial charge in [0.05, 0.1) is 6.61 Å². The van der Waals surface area contributed by atoms with Crippen LogP contribution in [0.25, 0.3) is 0 Å². The van der Waals surface area contributed by atoms with E-state index in [9.17, 15) is 0 Å². The van der Waals surface area contributed by atoms with Crippen molar-refractivity contribution in [2.75, 3.05) is 6.61 Å². The van der Waals surface area contributed by atoms with E-state index in [0.717, 1.165) is 18.8 Å². The summed E-state index contributed by atoms with van der Waals surface area (Å²) in [5.41, 5.74) is 2.94. The summed E-state index contributed by atoms with van der Waals surface area (Å²) < 4.78 is 5.75. The van der Waals surface area contributed by atoms with Crippen molar-refractivity contribution < 1.29 is 4.74 Å². The standard InChI is InChI=1S/C14H22O/c1-6-12-7-8-13(9-11(12)2)15-10-14(3,4)5/h7-9H,6,10H2,1-5H3. The van der Waals surface area contributed by atoms with Crippen molar-refractivity contribution in [2.45, 2.75) is 41.0 Å². The fourth-order valence-corrected chi connectivity index (χ4v) is 1.45. The summed E-state index contributed by atoms with van der Waals surface area (Å²) in [6.45, 7) is 11.6. The van der Waals surface area contributed by atoms with E-state index in [4.69, 9.17) is 4.74 Å². The van der Waals surface area contributed by atoms with Crippen LogP contribution in [-0.4, -0.2) is 6.61 Å². The molecule has 0 saturated carbocycles. The third-order valence-electron chi connectivity index (χ3n) is 2.37. The Kier molecular flexibility index (Phi) is 3.78. The Bertz CT molecular complexity index is 321. The number of rotatable bonds is 3. The fraction of sp³-hybridized carbons (Fsp3) is 0.571. The Morgan fingerprint density at radius 2 is 1.87 bits per heavy atom. The molecule has 1 aromatic rings. The molecule has 1 nitrogen and oxygen atoms in total. The summed E-state index contributed by atoms with van der Waals surface area (Å²) in [7, 11) is 0. The maximum Gasteiger partial charge on any atom is 0.119 e. The molecule has 0 unspecified atom stereocenters. The lowest BCUT2D eigenvalue weighted by Crippen LogP contribution is -2.16. The van der Waals surface area contributed by atoms with Crippen LogP contribution in [0.15, 0.2) is 18.2 Å². The average molecular weight is 206 g/mol. The third kappa shape index (κ3) is 3.94. The molecule has 0 aliphatic heterocycles. The van der Waals surface area contributed by atoms with Crippen molar-refractivity contribution in [2.24, 2.45) is 5.41 Å². The molecule has 0 heterocycles. The molecule has 0 aliphatic carbocycles. The summed E-state index contributed by atoms with van der Waals surface area (Å²) in [6.07, 6.45) is 1.09. The van der Waals surface area contributed by atoms with E-state index in [-0.39, 0.29) is 5.41 Å². The van der Waals surface area contributed by atoms with Crippen molar-refractivity contribution in [3.63, 3.8) is 0 Å². The predicted molar refractivity (Wildman–Crippen MR) is 65.5 cm³/mol. The van der Waals surface area contributed by atoms with Crippen molar-refractivity contribution in [3.05, 3.63) is 29.3 Å². The zero-order chi connectivity index (χ0) is 11.5. The quantitative estimate of drug-likeness (QED) is 0.726. The van der Waals surface area contributed by atoms with E-state index in [1.165, 1.54) is 11.1 Å². The number of hydrogen-bond acceptors (Lipinski definition) is 1. The van der Waals surface area contributed by atoms with E-state index < -0.39 is 0 Å². The second-order valence-corrected chi connectivity index (χ2v) is 5.29. The topological polar surface area (TPSA) is 9.23 Å². The summed E-state index contributed by atoms with van der Waals surface area (Å²) in [4.78, 5) is 0. The predicted octanol–water partition coefficient (Wildman–Crippen LogP) is 3.98. The number of hydrogen-bond donors (Lipinski definition) is 0. The van der Waals surface area contributed by atoms with E-state index in [0.29, 0.717) is 0 Å². The molecule has 0 bridgehead atoms. The molecule has 1 rings (SSSR count). The van der Waals surface area contributed by atoms with Gasteiger partial charge in [0.15, 0.2) is 0 Å². The summed E-state index contributed by atoms with van der Waals surface area (Å²) >= 11 is 0. The average Bonchev–Trinajstić information content (AvgIpc) is 2.14. The Hall–Kier alpha value is -0.980. The lowest BCUT2D eigenvalue weighted by molar-refractivity contribution is 0.198. The third-order valence-corrected chi connectivity index (χ3v) is 2.37. The van der Waals surface area contributed by atoms with Crippen LogP contribution in [0.4, 0.5) is 0 Å². The molecule has 15 heavy (non-hydrogen) atoms. The van der Waals surface area contributed by atoms with Crippen LogP contribution in [0.2, 0.25) is 0 Å². The van der Waals surface area contributed by atoms with E-state index in [2.05, 4.69) is 52.8 Å². The Labute approximate surface area is 93.5 Å². The van der Waals surface area contributed by atoms with Gasteiger partial charge in [0.1, 0.15) is 5.75 Å². The van der Waals surface area contributed by atoms with Crippen LogP contribution in [0.3, 0.4) is 0 Å². The molecule has 0 aliphatic rings. The molecule has 0 amide bonds. The molecule has 0 radical (unpaired) electrons. The fourth-order valence-electron chi connectivity index (χ4n) is 1.45. The first-order valence-electron chi connectivity index (χ1n) is 5.65. The molecule has 84 valence electrons. The van der Waals surface area contributed by atoms with Gasteiger partial charge in [-0.3, -0.25) is 0 Å². The van der Waals surface area contributed by atoms with Crippen LogP contribution in [0, 0.1) is 12.3 Å². The van der Waals surface area contributed by atoms with Gasteiger partial charge in [0.2, 0.25) is 0 Å². The van der Waals surface area contributed by atoms with Gasteiger partial charge in [-0.05, 0) is 42.0 Å². The summed E-state index contributed by atoms with van der Waals surface area (Å²) in [5, 5.41) is 0. The van der Waals surface area contributed by atoms with Gasteiger partial charge in [-0.2, -0.15) is 0 Å². The van der Waals surface area contributed by atoms with Gasteiger partial charge < -0.3 is 4.74 Å². The summed E-state index contributed by atoms with van der Waals surface area (Å²) in [6, 6.07) is 6.36. The number of ether oxygens (including phenoxy) is 1. The molecule has 0 atom stereocenters. The lowest BCUT2D eigenvalue weighted by atomic mass is 9.98. The van der Waals surface area contributed by atoms with Gasteiger partial charge in [0, 0.05) is 0 Å². The van der Waals surface area contributed by atoms with Crippen molar-refractivity contribution in [1.29, 1.82) is 0 Å². The lowest BCUT2D eigenvalue weighted by Gasteiger charge is -2.19. The highest BCUT2D eigenvalue weighted by atomic mass is 16.5. The Morgan fingerprint density at radius 1 is 1.20 bits per heavy atom. The van der Waals surface area contributed by atoms with Crippen LogP contribution < -0.4 is 4.74 Å². The number of benzene rings is 1. The van der Waals surface area contributed by atoms with Crippen molar-refractivity contribution in [1.82, 2.24) is 0 Å². The summed E-state index contributed by atoms with van der Waals surface area (Å²) in [5.74, 6) is 0.986. The first-order valence-corrected chi connectivity index (χ1v) is 5.65. The van der Waals surface area contributed by atoms with Crippen LogP contribution in [0.5, 0.6) is 5.75 Å². The SMILES string of the molecule is CCc1ccc(OCC(C)(C)C)cc1C. The minimum absolute atomic E-state index is 0.220. The smallest absolute Gasteiger partial charge is 0.119 e. The highest BCUT2D eigenvalue weighted by Gasteiger charge is 2.11. The van der Waals surface area contributed by atoms with Gasteiger partial charge in [-0.15, -0.1) is 0 Å². The minimum Gasteiger partial charge on any atom is -0.493 e. The maximum absolute atomic E-state index is 5.75. The molecule has 1 heteroatoms. The molecule has 0 saturated heterocycles. The highest BCUT2D eigenvalue weighted by molar-refractivity contribution is 5.34. The van der Waals surface area contributed by atoms with Crippen LogP contribution in [0.1, 0.15) is 38.8 Å². The van der Waals surface area contributed by atoms with Gasteiger partial charge in [-0.1, -0.05) is 33.8 Å². The van der Waals surface area contributed by atoms with Crippen LogP contribution >= 0.6 is 0 Å². The number of aryl methyl sites for hydroxylation is 2. The van der Waals surface area contributed by atoms with Crippen molar-refractivity contribution >= 4 is 0 Å². The van der Waals surface area contributed by atoms with E-state index in [1.807, 2.05) is 0 Å². The molecule has 0 spiro atoms. The Morgan fingerprint density at radius 3 is 2.33 bits per heavy atom. The van der Waals surface area contributed by atoms with E-state index in [1.54, 1.807) is 0 Å². The largest absolute Gasteiger partial charge is 0.493 e. The van der Waals surface area contributed by atoms with Gasteiger partial charge in [0.25, 0.3) is 0 Å². The highest BCUT2D eigenvalue weighted by Crippen LogP contribution is 2.20. The zero-order valence-corrected chi connectivity index (χ0v) is 10.6. The van der Waals surface area contributed by atoms with E-state index >= 15 is 0 Å². The van der Waals surface area contributed by atoms with Gasteiger partial charge in [-0.25, -0.2) is 0 Å². The maximum atomic E-state index is 5.75. The molecule has 0 fully saturated rings. The first-order chi connectivity index (χ1) is 6.92. The zero-order valence-electron chi connectivity index (χ0n) is 10.6. The van der Waals surface area contributed by atoms with Crippen molar-refractivity contribution in [3.8, 4) is 5.75 Å². The minimum atomic E-state index is 0.220. The molecule has 1 aromatic carbocycles. The molecule has 0 aromatic heterocycles. The molecular weight excluding hydrogens is 184 g/mol. The molecular formula is C14H22O. The Balaban J connectivity index is 2.68. The normalized spacial score (nSPS) is 11.5. The van der Waals surface area contributed by atoms with Crippen LogP contribution in [-0.2, 0) is 6.42 Å².